The van der Waals surface area contributed by atoms with Gasteiger partial charge in [0.05, 0.1) is 30.9 Å². The Hall–Kier alpha value is -3.23. The number of benzene rings is 1. The van der Waals surface area contributed by atoms with E-state index in [-0.39, 0.29) is 35.8 Å². The molecule has 1 amide bonds. The van der Waals surface area contributed by atoms with E-state index in [4.69, 9.17) is 18.9 Å². The van der Waals surface area contributed by atoms with Crippen molar-refractivity contribution >= 4 is 40.3 Å². The Morgan fingerprint density at radius 1 is 1.10 bits per heavy atom. The van der Waals surface area contributed by atoms with E-state index >= 15 is 0 Å². The molecule has 1 aliphatic rings. The van der Waals surface area contributed by atoms with E-state index in [9.17, 15) is 9.59 Å². The summed E-state index contributed by atoms with van der Waals surface area (Å²) in [5.41, 5.74) is 0.799. The lowest BCUT2D eigenvalue weighted by molar-refractivity contribution is -0.142. The summed E-state index contributed by atoms with van der Waals surface area (Å²) >= 11 is 2.95. The molecule has 0 radical (unpaired) electrons. The number of piperazine rings is 1. The van der Waals surface area contributed by atoms with Crippen molar-refractivity contribution in [1.82, 2.24) is 19.2 Å². The summed E-state index contributed by atoms with van der Waals surface area (Å²) < 4.78 is 24.4. The number of thiazole rings is 1. The fourth-order valence-electron chi connectivity index (χ4n) is 3.89. The number of hydrogen-bond acceptors (Lipinski definition) is 12. The molecule has 2 aromatic heterocycles. The molecule has 1 saturated heterocycles. The van der Waals surface area contributed by atoms with Gasteiger partial charge in [0.1, 0.15) is 11.9 Å². The van der Waals surface area contributed by atoms with Crippen LogP contribution < -0.4 is 14.8 Å². The molecule has 1 fully saturated rings. The van der Waals surface area contributed by atoms with Crippen LogP contribution in [0.4, 0.5) is 5.13 Å². The molecule has 0 aliphatic carbocycles. The first-order valence-electron chi connectivity index (χ1n) is 13.3. The second kappa shape index (κ2) is 15.1. The summed E-state index contributed by atoms with van der Waals surface area (Å²) in [6, 6.07) is 10.8. The number of hydrogen-bond donors (Lipinski definition) is 1. The molecular weight excluding hydrogens is 566 g/mol. The van der Waals surface area contributed by atoms with Crippen LogP contribution in [0, 0.1) is 0 Å². The van der Waals surface area contributed by atoms with Crippen molar-refractivity contribution in [2.24, 2.45) is 0 Å². The SMILES string of the molecule is CCOC(=O)Cc1csc(NC(=O)c2cc(Oc3ccc(SN4CCN(C)CC4)cc3)nc(OC(C)COC)c2)n1. The number of ether oxygens (including phenoxy) is 4. The minimum atomic E-state index is -0.419. The van der Waals surface area contributed by atoms with Crippen LogP contribution in [-0.4, -0.2) is 90.7 Å². The van der Waals surface area contributed by atoms with Crippen LogP contribution in [0.1, 0.15) is 29.9 Å². The van der Waals surface area contributed by atoms with Crippen LogP contribution in [0.25, 0.3) is 0 Å². The molecule has 220 valence electrons. The average Bonchev–Trinajstić information content (AvgIpc) is 3.37. The van der Waals surface area contributed by atoms with Crippen molar-refractivity contribution < 1.29 is 28.5 Å². The second-order valence-corrected chi connectivity index (χ2v) is 11.4. The number of aromatic nitrogens is 2. The van der Waals surface area contributed by atoms with Gasteiger partial charge in [-0.3, -0.25) is 14.9 Å². The Balaban J connectivity index is 1.46. The summed E-state index contributed by atoms with van der Waals surface area (Å²) in [5.74, 6) is 0.222. The van der Waals surface area contributed by atoms with E-state index in [2.05, 4.69) is 31.5 Å². The van der Waals surface area contributed by atoms with Gasteiger partial charge in [-0.1, -0.05) is 0 Å². The third-order valence-electron chi connectivity index (χ3n) is 5.91. The lowest BCUT2D eigenvalue weighted by atomic mass is 10.2. The first kappa shape index (κ1) is 30.7. The molecule has 3 heterocycles. The first-order valence-corrected chi connectivity index (χ1v) is 14.9. The summed E-state index contributed by atoms with van der Waals surface area (Å²) in [7, 11) is 3.72. The molecule has 1 aliphatic heterocycles. The number of likely N-dealkylation sites (N-methyl/N-ethyl adjacent to an activating group) is 1. The van der Waals surface area contributed by atoms with E-state index in [0.717, 1.165) is 31.1 Å². The van der Waals surface area contributed by atoms with Gasteiger partial charge < -0.3 is 23.8 Å². The Bertz CT molecular complexity index is 1300. The van der Waals surface area contributed by atoms with E-state index in [1.54, 1.807) is 37.4 Å². The number of nitrogens with zero attached hydrogens (tertiary/aromatic N) is 4. The average molecular weight is 602 g/mol. The Kier molecular flexibility index (Phi) is 11.3. The molecule has 0 saturated carbocycles. The van der Waals surface area contributed by atoms with Gasteiger partial charge in [-0.25, -0.2) is 9.29 Å². The van der Waals surface area contributed by atoms with Crippen LogP contribution in [0.5, 0.6) is 17.5 Å². The second-order valence-electron chi connectivity index (χ2n) is 9.39. The molecule has 0 bridgehead atoms. The molecule has 4 rings (SSSR count). The van der Waals surface area contributed by atoms with Crippen molar-refractivity contribution in [3.05, 3.63) is 53.0 Å². The van der Waals surface area contributed by atoms with Crippen LogP contribution in [0.2, 0.25) is 0 Å². The van der Waals surface area contributed by atoms with Crippen molar-refractivity contribution in [3.63, 3.8) is 0 Å². The molecule has 1 unspecified atom stereocenters. The molecule has 11 nitrogen and oxygen atoms in total. The summed E-state index contributed by atoms with van der Waals surface area (Å²) in [4.78, 5) is 37.1. The first-order chi connectivity index (χ1) is 19.8. The molecule has 1 atom stereocenters. The third-order valence-corrected chi connectivity index (χ3v) is 7.82. The van der Waals surface area contributed by atoms with Gasteiger partial charge in [0.25, 0.3) is 5.91 Å². The summed E-state index contributed by atoms with van der Waals surface area (Å²) in [5, 5.41) is 4.84. The molecule has 41 heavy (non-hydrogen) atoms. The van der Waals surface area contributed by atoms with Gasteiger partial charge >= 0.3 is 5.97 Å². The van der Waals surface area contributed by atoms with Crippen molar-refractivity contribution in [2.45, 2.75) is 31.3 Å². The molecule has 1 N–H and O–H groups in total. The number of esters is 1. The highest BCUT2D eigenvalue weighted by Gasteiger charge is 2.18. The van der Waals surface area contributed by atoms with E-state index < -0.39 is 5.91 Å². The summed E-state index contributed by atoms with van der Waals surface area (Å²) in [6.07, 6.45) is -0.260. The topological polar surface area (TPSA) is 115 Å². The summed E-state index contributed by atoms with van der Waals surface area (Å²) in [6.45, 7) is 8.36. The highest BCUT2D eigenvalue weighted by molar-refractivity contribution is 7.97. The highest BCUT2D eigenvalue weighted by Crippen LogP contribution is 2.29. The Labute approximate surface area is 248 Å². The van der Waals surface area contributed by atoms with E-state index in [1.165, 1.54) is 17.4 Å². The number of rotatable bonds is 13. The Morgan fingerprint density at radius 3 is 2.54 bits per heavy atom. The van der Waals surface area contributed by atoms with E-state index in [1.807, 2.05) is 31.2 Å². The minimum absolute atomic E-state index is 0.0372. The van der Waals surface area contributed by atoms with Crippen molar-refractivity contribution in [3.8, 4) is 17.5 Å². The van der Waals surface area contributed by atoms with Crippen molar-refractivity contribution in [2.75, 3.05) is 58.9 Å². The molecule has 3 aromatic rings. The van der Waals surface area contributed by atoms with Crippen LogP contribution in [0.3, 0.4) is 0 Å². The molecule has 13 heteroatoms. The number of nitrogens with one attached hydrogen (secondary N) is 1. The molecular formula is C28H35N5O6S2. The van der Waals surface area contributed by atoms with Gasteiger partial charge in [-0.2, -0.15) is 4.98 Å². The standard InChI is InChI=1S/C28H35N5O6S2/c1-5-37-26(34)16-21-18-40-28(29-21)31-27(35)20-14-24(38-19(2)17-36-4)30-25(15-20)39-22-6-8-23(9-7-22)41-33-12-10-32(3)11-13-33/h6-9,14-15,18-19H,5,10-13,16-17H2,1-4H3,(H,29,31,35). The monoisotopic (exact) mass is 601 g/mol. The zero-order chi connectivity index (χ0) is 29.2. The smallest absolute Gasteiger partial charge is 0.311 e. The van der Waals surface area contributed by atoms with Crippen LogP contribution in [-0.2, 0) is 20.7 Å². The number of carbonyl (C=O) groups excluding carboxylic acids is 2. The fourth-order valence-corrected chi connectivity index (χ4v) is 5.50. The quantitative estimate of drug-likeness (QED) is 0.223. The van der Waals surface area contributed by atoms with Gasteiger partial charge in [-0.15, -0.1) is 11.3 Å². The largest absolute Gasteiger partial charge is 0.472 e. The normalized spacial score (nSPS) is 14.8. The maximum atomic E-state index is 13.2. The number of carbonyl (C=O) groups is 2. The fraction of sp³-hybridized carbons (Fsp3) is 0.429. The van der Waals surface area contributed by atoms with Crippen molar-refractivity contribution in [1.29, 1.82) is 0 Å². The number of anilines is 1. The molecule has 1 aromatic carbocycles. The predicted octanol–water partition coefficient (Wildman–Crippen LogP) is 4.36. The zero-order valence-corrected chi connectivity index (χ0v) is 25.3. The lowest BCUT2D eigenvalue weighted by Gasteiger charge is -2.31. The van der Waals surface area contributed by atoms with Gasteiger partial charge in [0.2, 0.25) is 11.8 Å². The number of amides is 1. The Morgan fingerprint density at radius 2 is 1.83 bits per heavy atom. The van der Waals surface area contributed by atoms with Crippen LogP contribution >= 0.6 is 23.3 Å². The molecule has 0 spiro atoms. The minimum Gasteiger partial charge on any atom is -0.472 e. The zero-order valence-electron chi connectivity index (χ0n) is 23.6. The number of pyridine rings is 1. The van der Waals surface area contributed by atoms with Gasteiger partial charge in [0, 0.05) is 55.7 Å². The lowest BCUT2D eigenvalue weighted by Crippen LogP contribution is -2.40. The maximum absolute atomic E-state index is 13.2. The maximum Gasteiger partial charge on any atom is 0.311 e. The number of methoxy groups -OCH3 is 1. The van der Waals surface area contributed by atoms with Gasteiger partial charge in [-0.05, 0) is 57.1 Å². The van der Waals surface area contributed by atoms with Crippen LogP contribution in [0.15, 0.2) is 46.7 Å². The van der Waals surface area contributed by atoms with Gasteiger partial charge in [0.15, 0.2) is 5.13 Å². The third kappa shape index (κ3) is 9.68. The highest BCUT2D eigenvalue weighted by atomic mass is 32.2. The predicted molar refractivity (Wildman–Crippen MR) is 158 cm³/mol. The van der Waals surface area contributed by atoms with E-state index in [0.29, 0.717) is 29.8 Å².